The molecule has 2 unspecified atom stereocenters. The van der Waals surface area contributed by atoms with Gasteiger partial charge in [-0.25, -0.2) is 4.98 Å². The van der Waals surface area contributed by atoms with E-state index in [2.05, 4.69) is 94.8 Å². The molecule has 1 aromatic carbocycles. The molecule has 4 heterocycles. The van der Waals surface area contributed by atoms with E-state index in [1.807, 2.05) is 20.8 Å². The Kier molecular flexibility index (Phi) is 7.12. The van der Waals surface area contributed by atoms with Gasteiger partial charge in [0.15, 0.2) is 0 Å². The monoisotopic (exact) mass is 716 g/mol. The highest BCUT2D eigenvalue weighted by molar-refractivity contribution is 6.11. The van der Waals surface area contributed by atoms with Crippen LogP contribution >= 0.6 is 0 Å². The van der Waals surface area contributed by atoms with Gasteiger partial charge in [-0.1, -0.05) is 45.6 Å². The van der Waals surface area contributed by atoms with Gasteiger partial charge in [-0.15, -0.1) is 0 Å². The van der Waals surface area contributed by atoms with Crippen molar-refractivity contribution in [2.45, 2.75) is 130 Å². The molecular weight excluding hydrogens is 661 g/mol. The molecule has 53 heavy (non-hydrogen) atoms. The Morgan fingerprint density at radius 3 is 2.47 bits per heavy atom. The smallest absolute Gasteiger partial charge is 0.221 e. The van der Waals surface area contributed by atoms with Gasteiger partial charge in [0.2, 0.25) is 5.89 Å². The van der Waals surface area contributed by atoms with E-state index in [9.17, 15) is 15.3 Å². The lowest BCUT2D eigenvalue weighted by Gasteiger charge is -2.64. The Bertz CT molecular complexity index is 2330. The number of hydrogen-bond donors (Lipinski definition) is 3. The number of ether oxygens (including phenoxy) is 1. The maximum absolute atomic E-state index is 12.4. The predicted octanol–water partition coefficient (Wildman–Crippen LogP) is 9.87. The zero-order valence-corrected chi connectivity index (χ0v) is 33.1. The number of rotatable bonds is 4. The molecule has 0 saturated heterocycles. The molecule has 0 bridgehead atoms. The van der Waals surface area contributed by atoms with Crippen molar-refractivity contribution in [1.29, 1.82) is 0 Å². The molecular formula is C46H56N2O5. The lowest BCUT2D eigenvalue weighted by molar-refractivity contribution is -0.144. The van der Waals surface area contributed by atoms with E-state index < -0.39 is 28.8 Å². The van der Waals surface area contributed by atoms with E-state index in [1.165, 1.54) is 16.6 Å². The van der Waals surface area contributed by atoms with Gasteiger partial charge in [-0.05, 0) is 132 Å². The summed E-state index contributed by atoms with van der Waals surface area (Å²) >= 11 is 0. The Labute approximate surface area is 313 Å². The second kappa shape index (κ2) is 10.8. The summed E-state index contributed by atoms with van der Waals surface area (Å²) in [5.74, 6) is 1.24. The van der Waals surface area contributed by atoms with Crippen LogP contribution in [-0.2, 0) is 16.6 Å². The van der Waals surface area contributed by atoms with Crippen molar-refractivity contribution in [1.82, 2.24) is 9.38 Å². The van der Waals surface area contributed by atoms with Gasteiger partial charge in [0.1, 0.15) is 12.0 Å². The molecule has 2 saturated carbocycles. The summed E-state index contributed by atoms with van der Waals surface area (Å²) in [7, 11) is 0. The van der Waals surface area contributed by atoms with Crippen LogP contribution in [0.15, 0.2) is 47.6 Å². The Hall–Kier alpha value is -3.65. The summed E-state index contributed by atoms with van der Waals surface area (Å²) in [6.07, 6.45) is 13.7. The molecule has 8 atom stereocenters. The van der Waals surface area contributed by atoms with Crippen molar-refractivity contribution in [3.05, 3.63) is 82.9 Å². The molecule has 3 aromatic heterocycles. The first kappa shape index (κ1) is 35.1. The van der Waals surface area contributed by atoms with E-state index in [4.69, 9.17) is 9.15 Å². The summed E-state index contributed by atoms with van der Waals surface area (Å²) < 4.78 is 14.6. The number of benzene rings is 1. The van der Waals surface area contributed by atoms with E-state index in [0.717, 1.165) is 82.2 Å². The third kappa shape index (κ3) is 4.30. The van der Waals surface area contributed by atoms with Crippen LogP contribution in [0.2, 0.25) is 0 Å². The number of aryl methyl sites for hydroxylation is 1. The van der Waals surface area contributed by atoms with E-state index in [-0.39, 0.29) is 28.4 Å². The van der Waals surface area contributed by atoms with Crippen molar-refractivity contribution >= 4 is 33.0 Å². The zero-order valence-electron chi connectivity index (χ0n) is 33.1. The normalized spacial score (nSPS) is 35.7. The standard InChI is InChI=1S/C46H56N2O5/c1-23(2)36-39(51)34-33-27(30-21-42(5,6)53-43(7,8)35(30)38(33)50)20-28-29-19-26-14-15-31-44(9,17-12-13-24(3)41-47-25(4)22-52-41)32(49)16-18-45(31,10)46(26,11)40(29)48(36)37(28)34/h12-13,17,20-22,26,31-32,35,38,49-51H,1,14-16,18-19H2,2-11H3/t26?,31-,32-,35?,38+,44-,45-,46+/m0/s1. The summed E-state index contributed by atoms with van der Waals surface area (Å²) in [6.45, 7) is 25.9. The van der Waals surface area contributed by atoms with Crippen molar-refractivity contribution in [2.24, 2.45) is 28.6 Å². The zero-order chi connectivity index (χ0) is 37.9. The van der Waals surface area contributed by atoms with Gasteiger partial charge >= 0.3 is 0 Å². The van der Waals surface area contributed by atoms with Gasteiger partial charge in [0.05, 0.1) is 40.3 Å². The maximum Gasteiger partial charge on any atom is 0.221 e. The highest BCUT2D eigenvalue weighted by Gasteiger charge is 2.67. The molecule has 0 amide bonds. The Morgan fingerprint density at radius 2 is 1.79 bits per heavy atom. The lowest BCUT2D eigenvalue weighted by Crippen LogP contribution is -2.62. The van der Waals surface area contributed by atoms with Crippen LogP contribution < -0.4 is 0 Å². The molecule has 0 radical (unpaired) electrons. The lowest BCUT2D eigenvalue weighted by atomic mass is 9.40. The second-order valence-electron chi connectivity index (χ2n) is 19.2. The van der Waals surface area contributed by atoms with Crippen LogP contribution in [0.4, 0.5) is 0 Å². The fraction of sp³-hybridized carbons (Fsp3) is 0.543. The summed E-state index contributed by atoms with van der Waals surface area (Å²) in [4.78, 5) is 4.50. The number of nitrogens with zero attached hydrogens (tertiary/aromatic N) is 2. The molecule has 2 fully saturated rings. The van der Waals surface area contributed by atoms with Gasteiger partial charge in [-0.3, -0.25) is 0 Å². The van der Waals surface area contributed by atoms with Crippen molar-refractivity contribution in [2.75, 3.05) is 0 Å². The minimum absolute atomic E-state index is 0.144. The Balaban J connectivity index is 1.24. The van der Waals surface area contributed by atoms with Gasteiger partial charge in [0.25, 0.3) is 0 Å². The second-order valence-corrected chi connectivity index (χ2v) is 19.2. The quantitative estimate of drug-likeness (QED) is 0.182. The number of aliphatic hydroxyl groups excluding tert-OH is 2. The summed E-state index contributed by atoms with van der Waals surface area (Å²) in [5, 5.41) is 38.4. The molecule has 1 aliphatic heterocycles. The number of allylic oxidation sites excluding steroid dienone is 4. The van der Waals surface area contributed by atoms with Crippen molar-refractivity contribution in [3.63, 3.8) is 0 Å². The largest absolute Gasteiger partial charge is 0.505 e. The molecule has 5 aliphatic rings. The molecule has 0 spiro atoms. The molecule has 7 heteroatoms. The summed E-state index contributed by atoms with van der Waals surface area (Å²) in [5.41, 5.74) is 8.07. The van der Waals surface area contributed by atoms with Crippen LogP contribution in [0.25, 0.3) is 33.0 Å². The van der Waals surface area contributed by atoms with E-state index in [1.54, 1.807) is 6.26 Å². The van der Waals surface area contributed by atoms with Gasteiger partial charge in [-0.2, -0.15) is 0 Å². The van der Waals surface area contributed by atoms with Crippen LogP contribution in [0.5, 0.6) is 5.75 Å². The average Bonchev–Trinajstić information content (AvgIpc) is 3.84. The first-order valence-electron chi connectivity index (χ1n) is 19.7. The van der Waals surface area contributed by atoms with E-state index in [0.29, 0.717) is 11.8 Å². The highest BCUT2D eigenvalue weighted by atomic mass is 16.5. The molecule has 4 aliphatic carbocycles. The third-order valence-electron chi connectivity index (χ3n) is 15.2. The minimum atomic E-state index is -0.816. The number of aromatic hydroxyl groups is 1. The molecule has 7 nitrogen and oxygen atoms in total. The van der Waals surface area contributed by atoms with Gasteiger partial charge in [0, 0.05) is 44.4 Å². The number of hydrogen-bond acceptors (Lipinski definition) is 6. The van der Waals surface area contributed by atoms with Crippen LogP contribution in [0.1, 0.15) is 134 Å². The topological polar surface area (TPSA) is 100 Å². The molecule has 280 valence electrons. The number of aromatic nitrogens is 2. The van der Waals surface area contributed by atoms with Crippen LogP contribution in [0, 0.1) is 35.5 Å². The fourth-order valence-electron chi connectivity index (χ4n) is 12.9. The SMILES string of the molecule is C=C(C)c1c(O)c2c3c(cc4c5c(n1c42)[C@@]1(C)C(CC[C@H]2[C@](C)(C=CC=C(C)c4nc(C)co4)[C@@H](O)CC[C@@]21C)C5)C1=CC(C)(C)OC(C)(C)C1[C@@H]3O. The third-order valence-corrected chi connectivity index (χ3v) is 15.2. The molecule has 9 rings (SSSR count). The highest BCUT2D eigenvalue weighted by Crippen LogP contribution is 2.71. The van der Waals surface area contributed by atoms with E-state index >= 15 is 0 Å². The van der Waals surface area contributed by atoms with Crippen molar-refractivity contribution in [3.8, 4) is 5.75 Å². The number of aliphatic hydroxyl groups is 2. The predicted molar refractivity (Wildman–Crippen MR) is 211 cm³/mol. The fourth-order valence-corrected chi connectivity index (χ4v) is 12.9. The van der Waals surface area contributed by atoms with Gasteiger partial charge < -0.3 is 28.9 Å². The first-order chi connectivity index (χ1) is 24.8. The van der Waals surface area contributed by atoms with Crippen molar-refractivity contribution < 1.29 is 24.5 Å². The first-order valence-corrected chi connectivity index (χ1v) is 19.7. The number of fused-ring (bicyclic) bond motifs is 11. The van der Waals surface area contributed by atoms with Crippen LogP contribution in [-0.4, -0.2) is 42.0 Å². The minimum Gasteiger partial charge on any atom is -0.505 e. The number of oxazole rings is 1. The summed E-state index contributed by atoms with van der Waals surface area (Å²) in [6, 6.07) is 2.34. The Morgan fingerprint density at radius 1 is 1.06 bits per heavy atom. The average molecular weight is 717 g/mol. The maximum atomic E-state index is 12.4. The molecule has 4 aromatic rings. The molecule has 3 N–H and O–H groups in total. The van der Waals surface area contributed by atoms with Crippen LogP contribution in [0.3, 0.4) is 0 Å².